The minimum atomic E-state index is -5.07. The summed E-state index contributed by atoms with van der Waals surface area (Å²) < 4.78 is 59.2. The first kappa shape index (κ1) is 61.6. The Bertz CT molecular complexity index is 1420. The number of hydrogen-bond acceptors (Lipinski definition) is 11. The summed E-state index contributed by atoms with van der Waals surface area (Å²) in [4.78, 5) is 12.9. The van der Waals surface area contributed by atoms with Crippen molar-refractivity contribution >= 4 is 16.4 Å². The monoisotopic (exact) mass is 953 g/mol. The van der Waals surface area contributed by atoms with E-state index in [1.165, 1.54) is 96.3 Å². The van der Waals surface area contributed by atoms with Gasteiger partial charge in [0, 0.05) is 13.0 Å². The van der Waals surface area contributed by atoms with Crippen LogP contribution in [0.25, 0.3) is 0 Å². The molecule has 0 bridgehead atoms. The number of unbranched alkanes of at least 4 members (excludes halogenated alkanes) is 19. The Morgan fingerprint density at radius 1 is 0.591 bits per heavy atom. The molecular formula is C53H92O12S. The van der Waals surface area contributed by atoms with Crippen LogP contribution in [0.15, 0.2) is 72.9 Å². The molecule has 1 heterocycles. The highest BCUT2D eigenvalue weighted by Crippen LogP contribution is 2.26. The lowest BCUT2D eigenvalue weighted by molar-refractivity contribution is -0.301. The molecule has 1 rings (SSSR count). The van der Waals surface area contributed by atoms with E-state index < -0.39 is 59.8 Å². The smallest absolute Gasteiger partial charge is 0.397 e. The summed E-state index contributed by atoms with van der Waals surface area (Å²) in [7, 11) is -5.07. The lowest BCUT2D eigenvalue weighted by Crippen LogP contribution is -2.60. The normalized spacial score (nSPS) is 20.1. The van der Waals surface area contributed by atoms with E-state index in [0.717, 1.165) is 70.6 Å². The minimum Gasteiger partial charge on any atom is -0.457 e. The number of rotatable bonds is 44. The first-order chi connectivity index (χ1) is 32.1. The van der Waals surface area contributed by atoms with Gasteiger partial charge in [0.15, 0.2) is 6.29 Å². The van der Waals surface area contributed by atoms with Gasteiger partial charge >= 0.3 is 16.4 Å². The fraction of sp³-hybridized carbons (Fsp3) is 0.755. The molecule has 66 heavy (non-hydrogen) atoms. The van der Waals surface area contributed by atoms with Gasteiger partial charge in [0.2, 0.25) is 0 Å². The zero-order valence-corrected chi connectivity index (χ0v) is 41.8. The molecule has 0 aromatic heterocycles. The van der Waals surface area contributed by atoms with Crippen molar-refractivity contribution in [2.45, 2.75) is 230 Å². The zero-order chi connectivity index (χ0) is 48.2. The van der Waals surface area contributed by atoms with E-state index in [1.54, 1.807) is 0 Å². The van der Waals surface area contributed by atoms with Crippen LogP contribution in [0.4, 0.5) is 0 Å². The van der Waals surface area contributed by atoms with Crippen molar-refractivity contribution in [2.75, 3.05) is 26.4 Å². The second-order valence-corrected chi connectivity index (χ2v) is 18.4. The summed E-state index contributed by atoms with van der Waals surface area (Å²) >= 11 is 0. The molecule has 1 aliphatic rings. The SMILES string of the molecule is CC/C=C\C/C=C\C/C=C\C/C=C\C/C=C\CCCCCC(=O)OC(COCCCCCCCCCCCC/C=C\CCCCCCCC)COC1OC(CO)C(O)C(OS(=O)(=O)O)C1O. The van der Waals surface area contributed by atoms with Crippen LogP contribution in [0.1, 0.15) is 194 Å². The maximum absolute atomic E-state index is 12.9. The van der Waals surface area contributed by atoms with Crippen molar-refractivity contribution in [3.8, 4) is 0 Å². The third-order valence-electron chi connectivity index (χ3n) is 11.3. The van der Waals surface area contributed by atoms with Gasteiger partial charge in [-0.25, -0.2) is 4.18 Å². The lowest BCUT2D eigenvalue weighted by Gasteiger charge is -2.41. The molecule has 1 fully saturated rings. The number of carbonyl (C=O) groups excluding carboxylic acids is 1. The lowest BCUT2D eigenvalue weighted by atomic mass is 9.99. The van der Waals surface area contributed by atoms with Crippen LogP contribution in [0.5, 0.6) is 0 Å². The number of carbonyl (C=O) groups is 1. The van der Waals surface area contributed by atoms with E-state index in [-0.39, 0.29) is 19.6 Å². The zero-order valence-electron chi connectivity index (χ0n) is 41.0. The highest BCUT2D eigenvalue weighted by molar-refractivity contribution is 7.80. The van der Waals surface area contributed by atoms with Crippen LogP contribution >= 0.6 is 0 Å². The molecule has 0 aliphatic carbocycles. The summed E-state index contributed by atoms with van der Waals surface area (Å²) in [6, 6.07) is 0. The van der Waals surface area contributed by atoms with Gasteiger partial charge in [0.1, 0.15) is 30.5 Å². The van der Waals surface area contributed by atoms with Crippen LogP contribution in [0, 0.1) is 0 Å². The standard InChI is InChI=1S/C53H92O12S/c1-3-5-7-9-11-13-15-17-19-21-23-25-27-29-31-33-35-37-39-41-43-61-45-47(46-62-53-51(57)52(65-66(58,59)60)50(56)48(44-54)64-53)63-49(55)42-40-38-36-34-32-30-28-26-24-22-20-18-16-14-12-10-8-6-4-2/h6,8,12,14,17-20,24,26,30,32,47-48,50-54,56-57H,3-5,7,9-11,13,15-16,21-23,25,27-29,31,33-46H2,1-2H3,(H,58,59,60)/b8-6-,14-12-,19-17-,20-18-,26-24-,32-30-. The number of ether oxygens (including phenoxy) is 4. The van der Waals surface area contributed by atoms with Gasteiger partial charge in [-0.1, -0.05) is 177 Å². The molecule has 0 aromatic carbocycles. The van der Waals surface area contributed by atoms with E-state index in [2.05, 4.69) is 90.9 Å². The maximum atomic E-state index is 12.9. The topological polar surface area (TPSA) is 178 Å². The third-order valence-corrected chi connectivity index (χ3v) is 11.8. The number of aliphatic hydroxyl groups excluding tert-OH is 3. The molecule has 6 unspecified atom stereocenters. The fourth-order valence-electron chi connectivity index (χ4n) is 7.46. The van der Waals surface area contributed by atoms with E-state index in [4.69, 9.17) is 18.9 Å². The predicted octanol–water partition coefficient (Wildman–Crippen LogP) is 11.9. The Labute approximate surface area is 401 Å². The van der Waals surface area contributed by atoms with Crippen molar-refractivity contribution in [3.63, 3.8) is 0 Å². The summed E-state index contributed by atoms with van der Waals surface area (Å²) in [6.45, 7) is 3.83. The van der Waals surface area contributed by atoms with Crippen molar-refractivity contribution in [1.29, 1.82) is 0 Å². The molecule has 0 radical (unpaired) electrons. The maximum Gasteiger partial charge on any atom is 0.397 e. The van der Waals surface area contributed by atoms with Crippen molar-refractivity contribution in [3.05, 3.63) is 72.9 Å². The molecule has 382 valence electrons. The molecule has 13 heteroatoms. The summed E-state index contributed by atoms with van der Waals surface area (Å²) in [5, 5.41) is 30.8. The van der Waals surface area contributed by atoms with E-state index in [1.807, 2.05) is 0 Å². The van der Waals surface area contributed by atoms with Crippen LogP contribution in [-0.2, 0) is 38.3 Å². The first-order valence-electron chi connectivity index (χ1n) is 25.7. The van der Waals surface area contributed by atoms with E-state index in [9.17, 15) is 33.1 Å². The van der Waals surface area contributed by atoms with Crippen LogP contribution < -0.4 is 0 Å². The first-order valence-corrected chi connectivity index (χ1v) is 27.1. The van der Waals surface area contributed by atoms with E-state index in [0.29, 0.717) is 13.0 Å². The highest BCUT2D eigenvalue weighted by Gasteiger charge is 2.48. The average molecular weight is 953 g/mol. The Balaban J connectivity index is 2.40. The molecule has 0 amide bonds. The van der Waals surface area contributed by atoms with Crippen molar-refractivity contribution in [2.24, 2.45) is 0 Å². The number of aliphatic hydroxyl groups is 3. The van der Waals surface area contributed by atoms with Gasteiger partial charge in [-0.05, 0) is 83.5 Å². The quantitative estimate of drug-likeness (QED) is 0.0197. The second kappa shape index (κ2) is 43.8. The summed E-state index contributed by atoms with van der Waals surface area (Å²) in [5.74, 6) is -0.431. The molecule has 4 N–H and O–H groups in total. The molecule has 0 spiro atoms. The summed E-state index contributed by atoms with van der Waals surface area (Å²) in [6.07, 6.45) is 47.9. The van der Waals surface area contributed by atoms with Gasteiger partial charge < -0.3 is 34.3 Å². The van der Waals surface area contributed by atoms with Gasteiger partial charge in [-0.2, -0.15) is 8.42 Å². The van der Waals surface area contributed by atoms with Crippen molar-refractivity contribution in [1.82, 2.24) is 0 Å². The number of allylic oxidation sites excluding steroid dienone is 12. The largest absolute Gasteiger partial charge is 0.457 e. The molecule has 0 saturated carbocycles. The Morgan fingerprint density at radius 2 is 1.05 bits per heavy atom. The van der Waals surface area contributed by atoms with Crippen LogP contribution in [0.2, 0.25) is 0 Å². The molecule has 1 saturated heterocycles. The van der Waals surface area contributed by atoms with Crippen LogP contribution in [-0.4, -0.2) is 97.5 Å². The van der Waals surface area contributed by atoms with Gasteiger partial charge in [0.25, 0.3) is 0 Å². The highest BCUT2D eigenvalue weighted by atomic mass is 32.3. The van der Waals surface area contributed by atoms with Gasteiger partial charge in [-0.15, -0.1) is 0 Å². The third kappa shape index (κ3) is 36.6. The fourth-order valence-corrected chi connectivity index (χ4v) is 7.97. The van der Waals surface area contributed by atoms with Gasteiger partial charge in [-0.3, -0.25) is 9.35 Å². The average Bonchev–Trinajstić information content (AvgIpc) is 3.29. The van der Waals surface area contributed by atoms with E-state index >= 15 is 0 Å². The number of esters is 1. The molecule has 0 aromatic rings. The summed E-state index contributed by atoms with van der Waals surface area (Å²) in [5.41, 5.74) is 0. The Kier molecular flexibility index (Phi) is 40.8. The Hall–Kier alpha value is -2.46. The molecule has 6 atom stereocenters. The minimum absolute atomic E-state index is 0.0184. The second-order valence-electron chi connectivity index (χ2n) is 17.4. The molecule has 1 aliphatic heterocycles. The van der Waals surface area contributed by atoms with Crippen LogP contribution in [0.3, 0.4) is 0 Å². The molecular weight excluding hydrogens is 861 g/mol. The number of hydrogen-bond donors (Lipinski definition) is 4. The Morgan fingerprint density at radius 3 is 1.55 bits per heavy atom. The molecule has 12 nitrogen and oxygen atoms in total. The van der Waals surface area contributed by atoms with Crippen molar-refractivity contribution < 1.29 is 56.2 Å². The van der Waals surface area contributed by atoms with Gasteiger partial charge in [0.05, 0.1) is 19.8 Å². The predicted molar refractivity (Wildman–Crippen MR) is 266 cm³/mol.